The summed E-state index contributed by atoms with van der Waals surface area (Å²) in [6.45, 7) is 0. The highest BCUT2D eigenvalue weighted by atomic mass is 16.5. The van der Waals surface area contributed by atoms with E-state index in [4.69, 9.17) is 4.74 Å². The van der Waals surface area contributed by atoms with E-state index in [1.54, 1.807) is 19.2 Å². The van der Waals surface area contributed by atoms with Gasteiger partial charge in [0.05, 0.1) is 7.11 Å². The average molecular weight is 348 g/mol. The lowest BCUT2D eigenvalue weighted by atomic mass is 9.98. The van der Waals surface area contributed by atoms with Gasteiger partial charge in [-0.1, -0.05) is 30.3 Å². The van der Waals surface area contributed by atoms with E-state index in [1.165, 1.54) is 11.1 Å². The third-order valence-electron chi connectivity index (χ3n) is 4.49. The van der Waals surface area contributed by atoms with Crippen LogP contribution in [0.1, 0.15) is 22.3 Å². The molecule has 3 nitrogen and oxygen atoms in total. The van der Waals surface area contributed by atoms with Crippen LogP contribution in [0.3, 0.4) is 0 Å². The van der Waals surface area contributed by atoms with Crippen molar-refractivity contribution in [1.29, 1.82) is 0 Å². The topological polar surface area (TPSA) is 49.7 Å². The summed E-state index contributed by atoms with van der Waals surface area (Å²) >= 11 is 0. The van der Waals surface area contributed by atoms with Crippen LogP contribution in [0.15, 0.2) is 66.7 Å². The molecule has 3 rings (SSSR count). The molecule has 0 amide bonds. The van der Waals surface area contributed by atoms with E-state index in [9.17, 15) is 10.2 Å². The Balaban J connectivity index is 1.69. The number of rotatable bonds is 7. The Kier molecular flexibility index (Phi) is 5.80. The standard InChI is InChI=1S/C23H24O3/c1-26-23-15-19(10-8-17-4-2-6-21(24)13-17)12-20(16-23)11-9-18-5-3-7-22(25)14-18/h2-7,12-16,24-25H,8-11H2,1H3. The molecule has 0 heterocycles. The molecule has 26 heavy (non-hydrogen) atoms. The van der Waals surface area contributed by atoms with E-state index in [2.05, 4.69) is 18.2 Å². The minimum atomic E-state index is 0.306. The maximum absolute atomic E-state index is 9.60. The molecule has 0 unspecified atom stereocenters. The summed E-state index contributed by atoms with van der Waals surface area (Å²) in [7, 11) is 1.69. The number of hydrogen-bond acceptors (Lipinski definition) is 3. The molecule has 0 fully saturated rings. The van der Waals surface area contributed by atoms with Gasteiger partial charge in [0.25, 0.3) is 0 Å². The van der Waals surface area contributed by atoms with E-state index in [0.717, 1.165) is 42.6 Å². The first-order valence-corrected chi connectivity index (χ1v) is 8.85. The second-order valence-corrected chi connectivity index (χ2v) is 6.53. The van der Waals surface area contributed by atoms with Gasteiger partial charge in [-0.25, -0.2) is 0 Å². The maximum Gasteiger partial charge on any atom is 0.119 e. The van der Waals surface area contributed by atoms with Crippen molar-refractivity contribution in [2.75, 3.05) is 7.11 Å². The summed E-state index contributed by atoms with van der Waals surface area (Å²) in [6, 6.07) is 21.2. The smallest absolute Gasteiger partial charge is 0.119 e. The Morgan fingerprint density at radius 3 is 1.50 bits per heavy atom. The molecule has 0 bridgehead atoms. The molecule has 0 aromatic heterocycles. The molecule has 0 radical (unpaired) electrons. The van der Waals surface area contributed by atoms with E-state index < -0.39 is 0 Å². The highest BCUT2D eigenvalue weighted by Gasteiger charge is 2.05. The van der Waals surface area contributed by atoms with Crippen molar-refractivity contribution < 1.29 is 14.9 Å². The molecule has 0 spiro atoms. The largest absolute Gasteiger partial charge is 0.508 e. The van der Waals surface area contributed by atoms with Gasteiger partial charge in [0.15, 0.2) is 0 Å². The van der Waals surface area contributed by atoms with E-state index in [1.807, 2.05) is 36.4 Å². The van der Waals surface area contributed by atoms with E-state index in [-0.39, 0.29) is 0 Å². The van der Waals surface area contributed by atoms with Gasteiger partial charge in [0, 0.05) is 0 Å². The molecule has 0 saturated carbocycles. The zero-order valence-electron chi connectivity index (χ0n) is 15.0. The van der Waals surface area contributed by atoms with Crippen LogP contribution < -0.4 is 4.74 Å². The third kappa shape index (κ3) is 5.03. The monoisotopic (exact) mass is 348 g/mol. The van der Waals surface area contributed by atoms with Gasteiger partial charge in [0.1, 0.15) is 17.2 Å². The van der Waals surface area contributed by atoms with Gasteiger partial charge in [0.2, 0.25) is 0 Å². The van der Waals surface area contributed by atoms with E-state index in [0.29, 0.717) is 11.5 Å². The van der Waals surface area contributed by atoms with Crippen LogP contribution >= 0.6 is 0 Å². The summed E-state index contributed by atoms with van der Waals surface area (Å²) in [4.78, 5) is 0. The van der Waals surface area contributed by atoms with Crippen molar-refractivity contribution in [3.8, 4) is 17.2 Å². The molecular formula is C23H24O3. The molecular weight excluding hydrogens is 324 g/mol. The van der Waals surface area contributed by atoms with Crippen molar-refractivity contribution in [1.82, 2.24) is 0 Å². The summed E-state index contributed by atoms with van der Waals surface area (Å²) < 4.78 is 5.46. The van der Waals surface area contributed by atoms with Crippen LogP contribution in [0, 0.1) is 0 Å². The van der Waals surface area contributed by atoms with Crippen molar-refractivity contribution >= 4 is 0 Å². The molecule has 3 aromatic carbocycles. The highest BCUT2D eigenvalue weighted by Crippen LogP contribution is 2.21. The van der Waals surface area contributed by atoms with Gasteiger partial charge in [-0.2, -0.15) is 0 Å². The summed E-state index contributed by atoms with van der Waals surface area (Å²) in [6.07, 6.45) is 3.51. The van der Waals surface area contributed by atoms with Gasteiger partial charge in [-0.05, 0) is 84.3 Å². The van der Waals surface area contributed by atoms with Gasteiger partial charge >= 0.3 is 0 Å². The number of hydrogen-bond donors (Lipinski definition) is 2. The Hall–Kier alpha value is -2.94. The Morgan fingerprint density at radius 2 is 1.08 bits per heavy atom. The molecule has 0 saturated heterocycles. The van der Waals surface area contributed by atoms with Crippen LogP contribution in [-0.2, 0) is 25.7 Å². The second kappa shape index (κ2) is 8.43. The number of ether oxygens (including phenoxy) is 1. The minimum Gasteiger partial charge on any atom is -0.508 e. The SMILES string of the molecule is COc1cc(CCc2cccc(O)c2)cc(CCc2cccc(O)c2)c1. The first-order valence-electron chi connectivity index (χ1n) is 8.85. The molecule has 3 aromatic rings. The number of benzene rings is 3. The molecule has 3 heteroatoms. The molecule has 0 aliphatic carbocycles. The first kappa shape index (κ1) is 17.9. The molecule has 0 aliphatic heterocycles. The lowest BCUT2D eigenvalue weighted by Crippen LogP contribution is -1.97. The van der Waals surface area contributed by atoms with Crippen molar-refractivity contribution in [3.05, 3.63) is 89.0 Å². The fourth-order valence-corrected chi connectivity index (χ4v) is 3.14. The predicted molar refractivity (Wildman–Crippen MR) is 104 cm³/mol. The summed E-state index contributed by atoms with van der Waals surface area (Å²) in [5.74, 6) is 1.48. The Morgan fingerprint density at radius 1 is 0.615 bits per heavy atom. The normalized spacial score (nSPS) is 10.7. The predicted octanol–water partition coefficient (Wildman–Crippen LogP) is 4.68. The Bertz CT molecular complexity index is 803. The number of aryl methyl sites for hydroxylation is 4. The zero-order chi connectivity index (χ0) is 18.4. The quantitative estimate of drug-likeness (QED) is 0.652. The summed E-state index contributed by atoms with van der Waals surface area (Å²) in [5, 5.41) is 19.2. The van der Waals surface area contributed by atoms with Crippen molar-refractivity contribution in [2.45, 2.75) is 25.7 Å². The number of phenols is 2. The van der Waals surface area contributed by atoms with Crippen LogP contribution in [0.4, 0.5) is 0 Å². The maximum atomic E-state index is 9.60. The van der Waals surface area contributed by atoms with Gasteiger partial charge < -0.3 is 14.9 Å². The Labute approximate surface area is 154 Å². The minimum absolute atomic E-state index is 0.306. The van der Waals surface area contributed by atoms with Crippen LogP contribution in [0.25, 0.3) is 0 Å². The van der Waals surface area contributed by atoms with Gasteiger partial charge in [-0.15, -0.1) is 0 Å². The summed E-state index contributed by atoms with van der Waals surface area (Å²) in [5.41, 5.74) is 4.68. The van der Waals surface area contributed by atoms with Crippen LogP contribution in [0.2, 0.25) is 0 Å². The second-order valence-electron chi connectivity index (χ2n) is 6.53. The fraction of sp³-hybridized carbons (Fsp3) is 0.217. The number of phenolic OH excluding ortho intramolecular Hbond substituents is 2. The average Bonchev–Trinajstić information content (AvgIpc) is 2.65. The molecule has 134 valence electrons. The highest BCUT2D eigenvalue weighted by molar-refractivity contribution is 5.36. The van der Waals surface area contributed by atoms with Crippen LogP contribution in [0.5, 0.6) is 17.2 Å². The lowest BCUT2D eigenvalue weighted by molar-refractivity contribution is 0.413. The number of aromatic hydroxyl groups is 2. The third-order valence-corrected chi connectivity index (χ3v) is 4.49. The molecule has 2 N–H and O–H groups in total. The van der Waals surface area contributed by atoms with Crippen LogP contribution in [-0.4, -0.2) is 17.3 Å². The lowest BCUT2D eigenvalue weighted by Gasteiger charge is -2.10. The number of methoxy groups -OCH3 is 1. The fourth-order valence-electron chi connectivity index (χ4n) is 3.14. The van der Waals surface area contributed by atoms with Crippen molar-refractivity contribution in [3.63, 3.8) is 0 Å². The van der Waals surface area contributed by atoms with Gasteiger partial charge in [-0.3, -0.25) is 0 Å². The molecule has 0 aliphatic rings. The van der Waals surface area contributed by atoms with Crippen molar-refractivity contribution in [2.24, 2.45) is 0 Å². The zero-order valence-corrected chi connectivity index (χ0v) is 15.0. The first-order chi connectivity index (χ1) is 12.6. The van der Waals surface area contributed by atoms with E-state index >= 15 is 0 Å². The molecule has 0 atom stereocenters.